The van der Waals surface area contributed by atoms with Crippen LogP contribution in [0.2, 0.25) is 0 Å². The average molecular weight is 378 g/mol. The number of aromatic nitrogens is 2. The van der Waals surface area contributed by atoms with Crippen LogP contribution in [0.15, 0.2) is 6.20 Å². The second-order valence-corrected chi connectivity index (χ2v) is 6.76. The van der Waals surface area contributed by atoms with Gasteiger partial charge in [-0.25, -0.2) is 4.79 Å². The molecule has 0 atom stereocenters. The summed E-state index contributed by atoms with van der Waals surface area (Å²) in [4.78, 5) is 13.1. The van der Waals surface area contributed by atoms with Gasteiger partial charge in [0, 0.05) is 49.7 Å². The van der Waals surface area contributed by atoms with Gasteiger partial charge in [-0.15, -0.1) is 0 Å². The van der Waals surface area contributed by atoms with E-state index in [-0.39, 0.29) is 18.8 Å². The van der Waals surface area contributed by atoms with Crippen molar-refractivity contribution in [3.05, 3.63) is 17.5 Å². The van der Waals surface area contributed by atoms with Crippen molar-refractivity contribution in [1.29, 1.82) is 0 Å². The van der Waals surface area contributed by atoms with Crippen molar-refractivity contribution in [3.8, 4) is 0 Å². The Morgan fingerprint density at radius 3 is 2.73 bits per heavy atom. The summed E-state index contributed by atoms with van der Waals surface area (Å²) >= 11 is 0. The average Bonchev–Trinajstić information content (AvgIpc) is 3.00. The number of ether oxygens (including phenoxy) is 1. The third-order valence-electron chi connectivity index (χ3n) is 4.62. The number of rotatable bonds is 7. The van der Waals surface area contributed by atoms with E-state index in [1.54, 1.807) is 6.20 Å². The standard InChI is InChI=1S/C16H25F3N4O3/c1-20-7-8-23(2)10-12-9-21-22-13(12)11-3-5-15(25,6-4-11)26-14(24)16(17,18)19/h9,11,20,25H,3-8,10H2,1-2H3,(H,21,22). The lowest BCUT2D eigenvalue weighted by atomic mass is 9.82. The van der Waals surface area contributed by atoms with Gasteiger partial charge in [-0.2, -0.15) is 18.3 Å². The van der Waals surface area contributed by atoms with Crippen LogP contribution in [0.5, 0.6) is 0 Å². The molecule has 2 rings (SSSR count). The molecule has 1 saturated carbocycles. The first-order valence-corrected chi connectivity index (χ1v) is 8.52. The maximum atomic E-state index is 12.3. The van der Waals surface area contributed by atoms with Crippen molar-refractivity contribution in [1.82, 2.24) is 20.4 Å². The van der Waals surface area contributed by atoms with E-state index in [0.717, 1.165) is 24.3 Å². The summed E-state index contributed by atoms with van der Waals surface area (Å²) in [7, 11) is 3.87. The van der Waals surface area contributed by atoms with E-state index in [1.807, 2.05) is 14.1 Å². The summed E-state index contributed by atoms with van der Waals surface area (Å²) in [5.41, 5.74) is 1.94. The number of carbonyl (C=O) groups excluding carboxylic acids is 1. The van der Waals surface area contributed by atoms with Gasteiger partial charge >= 0.3 is 12.1 Å². The summed E-state index contributed by atoms with van der Waals surface area (Å²) in [6.45, 7) is 2.40. The van der Waals surface area contributed by atoms with Crippen LogP contribution in [-0.2, 0) is 16.1 Å². The summed E-state index contributed by atoms with van der Waals surface area (Å²) in [5, 5.41) is 20.3. The van der Waals surface area contributed by atoms with Crippen molar-refractivity contribution < 1.29 is 27.8 Å². The Kier molecular flexibility index (Phi) is 6.64. The normalized spacial score (nSPS) is 24.0. The Bertz CT molecular complexity index is 598. The number of aliphatic hydroxyl groups is 1. The Morgan fingerprint density at radius 2 is 2.15 bits per heavy atom. The van der Waals surface area contributed by atoms with Crippen LogP contribution in [0.4, 0.5) is 13.2 Å². The highest BCUT2D eigenvalue weighted by atomic mass is 19.4. The Balaban J connectivity index is 1.94. The largest absolute Gasteiger partial charge is 0.491 e. The summed E-state index contributed by atoms with van der Waals surface area (Å²) < 4.78 is 41.3. The van der Waals surface area contributed by atoms with Gasteiger partial charge in [0.05, 0.1) is 6.20 Å². The summed E-state index contributed by atoms with van der Waals surface area (Å²) in [6, 6.07) is 0. The fourth-order valence-electron chi connectivity index (χ4n) is 3.16. The molecule has 1 aliphatic carbocycles. The SMILES string of the molecule is CNCCN(C)Cc1cn[nH]c1C1CCC(O)(OC(=O)C(F)(F)F)CC1. The number of esters is 1. The molecular formula is C16H25F3N4O3. The highest BCUT2D eigenvalue weighted by Gasteiger charge is 2.47. The monoisotopic (exact) mass is 378 g/mol. The number of nitrogens with one attached hydrogen (secondary N) is 2. The van der Waals surface area contributed by atoms with Crippen molar-refractivity contribution >= 4 is 5.97 Å². The number of halogens is 3. The van der Waals surface area contributed by atoms with E-state index in [2.05, 4.69) is 25.2 Å². The van der Waals surface area contributed by atoms with Crippen LogP contribution in [0.25, 0.3) is 0 Å². The first-order valence-electron chi connectivity index (χ1n) is 8.52. The number of H-pyrrole nitrogens is 1. The summed E-state index contributed by atoms with van der Waals surface area (Å²) in [5.74, 6) is -4.39. The zero-order chi connectivity index (χ0) is 19.4. The van der Waals surface area contributed by atoms with Gasteiger partial charge in [0.2, 0.25) is 5.79 Å². The Hall–Kier alpha value is -1.65. The maximum absolute atomic E-state index is 12.3. The molecule has 0 unspecified atom stereocenters. The molecule has 0 spiro atoms. The Labute approximate surface area is 149 Å². The van der Waals surface area contributed by atoms with Crippen molar-refractivity contribution in [2.75, 3.05) is 27.2 Å². The fourth-order valence-corrected chi connectivity index (χ4v) is 3.16. The molecule has 7 nitrogen and oxygen atoms in total. The third-order valence-corrected chi connectivity index (χ3v) is 4.62. The quantitative estimate of drug-likeness (QED) is 0.492. The van der Waals surface area contributed by atoms with Crippen molar-refractivity contribution in [2.45, 2.75) is 50.1 Å². The zero-order valence-electron chi connectivity index (χ0n) is 14.9. The first kappa shape index (κ1) is 20.7. The van der Waals surface area contributed by atoms with E-state index < -0.39 is 17.9 Å². The molecule has 0 saturated heterocycles. The molecule has 26 heavy (non-hydrogen) atoms. The number of carbonyl (C=O) groups is 1. The molecule has 0 bridgehead atoms. The van der Waals surface area contributed by atoms with Gasteiger partial charge in [0.25, 0.3) is 0 Å². The van der Waals surface area contributed by atoms with Crippen LogP contribution >= 0.6 is 0 Å². The lowest BCUT2D eigenvalue weighted by Gasteiger charge is -2.35. The van der Waals surface area contributed by atoms with Crippen LogP contribution in [0.1, 0.15) is 42.9 Å². The molecule has 1 fully saturated rings. The van der Waals surface area contributed by atoms with Gasteiger partial charge in [0.15, 0.2) is 0 Å². The van der Waals surface area contributed by atoms with E-state index in [0.29, 0.717) is 19.4 Å². The molecule has 1 aliphatic rings. The van der Waals surface area contributed by atoms with Crippen LogP contribution in [0.3, 0.4) is 0 Å². The number of alkyl halides is 3. The third kappa shape index (κ3) is 5.42. The lowest BCUT2D eigenvalue weighted by Crippen LogP contribution is -2.42. The Morgan fingerprint density at radius 1 is 1.50 bits per heavy atom. The molecule has 3 N–H and O–H groups in total. The van der Waals surface area contributed by atoms with Crippen LogP contribution in [0, 0.1) is 0 Å². The van der Waals surface area contributed by atoms with E-state index in [4.69, 9.17) is 0 Å². The smallest absolute Gasteiger partial charge is 0.427 e. The first-order chi connectivity index (χ1) is 12.1. The van der Waals surface area contributed by atoms with Crippen LogP contribution < -0.4 is 5.32 Å². The topological polar surface area (TPSA) is 90.5 Å². The van der Waals surface area contributed by atoms with E-state index >= 15 is 0 Å². The van der Waals surface area contributed by atoms with Gasteiger partial charge < -0.3 is 20.1 Å². The minimum atomic E-state index is -5.11. The molecule has 1 aromatic heterocycles. The molecule has 0 aliphatic heterocycles. The number of likely N-dealkylation sites (N-methyl/N-ethyl adjacent to an activating group) is 2. The highest BCUT2D eigenvalue weighted by Crippen LogP contribution is 2.40. The predicted octanol–water partition coefficient (Wildman–Crippen LogP) is 1.51. The molecule has 1 heterocycles. The second-order valence-electron chi connectivity index (χ2n) is 6.76. The minimum Gasteiger partial charge on any atom is -0.427 e. The van der Waals surface area contributed by atoms with E-state index in [9.17, 15) is 23.1 Å². The molecule has 148 valence electrons. The van der Waals surface area contributed by atoms with E-state index in [1.165, 1.54) is 0 Å². The van der Waals surface area contributed by atoms with Crippen molar-refractivity contribution in [3.63, 3.8) is 0 Å². The molecule has 0 amide bonds. The second kappa shape index (κ2) is 8.36. The molecule has 10 heteroatoms. The number of aromatic amines is 1. The fraction of sp³-hybridized carbons (Fsp3) is 0.750. The van der Waals surface area contributed by atoms with Gasteiger partial charge in [-0.1, -0.05) is 0 Å². The molecule has 0 radical (unpaired) electrons. The van der Waals surface area contributed by atoms with Crippen LogP contribution in [-0.4, -0.2) is 65.3 Å². The van der Waals surface area contributed by atoms with Gasteiger partial charge in [0.1, 0.15) is 0 Å². The number of hydrogen-bond acceptors (Lipinski definition) is 6. The van der Waals surface area contributed by atoms with Crippen molar-refractivity contribution in [2.24, 2.45) is 0 Å². The maximum Gasteiger partial charge on any atom is 0.491 e. The molecule has 1 aromatic rings. The zero-order valence-corrected chi connectivity index (χ0v) is 14.9. The predicted molar refractivity (Wildman–Crippen MR) is 87.2 cm³/mol. The summed E-state index contributed by atoms with van der Waals surface area (Å²) in [6.07, 6.45) is -2.66. The minimum absolute atomic E-state index is 0.0232. The van der Waals surface area contributed by atoms with Gasteiger partial charge in [-0.05, 0) is 26.9 Å². The highest BCUT2D eigenvalue weighted by molar-refractivity contribution is 5.75. The molecular weight excluding hydrogens is 353 g/mol. The lowest BCUT2D eigenvalue weighted by molar-refractivity contribution is -0.255. The van der Waals surface area contributed by atoms with Gasteiger partial charge in [-0.3, -0.25) is 5.10 Å². The molecule has 0 aromatic carbocycles. The number of nitrogens with zero attached hydrogens (tertiary/aromatic N) is 2. The number of hydrogen-bond donors (Lipinski definition) is 3.